The summed E-state index contributed by atoms with van der Waals surface area (Å²) in [6, 6.07) is 12.4. The molecule has 1 atom stereocenters. The minimum absolute atomic E-state index is 0.149. The summed E-state index contributed by atoms with van der Waals surface area (Å²) in [5.74, 6) is 0.764. The van der Waals surface area contributed by atoms with Crippen molar-refractivity contribution < 1.29 is 0 Å². The topological polar surface area (TPSA) is 37.0 Å². The molecule has 0 aliphatic carbocycles. The molecule has 0 aliphatic heterocycles. The van der Waals surface area contributed by atoms with Gasteiger partial charge in [-0.3, -0.25) is 0 Å². The molecule has 0 saturated carbocycles. The van der Waals surface area contributed by atoms with Crippen LogP contribution < -0.4 is 10.6 Å². The van der Waals surface area contributed by atoms with Crippen LogP contribution in [-0.2, 0) is 0 Å². The Morgan fingerprint density at radius 2 is 1.90 bits per heavy atom. The smallest absolute Gasteiger partial charge is 0.172 e. The lowest BCUT2D eigenvalue weighted by atomic mass is 10.0. The van der Waals surface area contributed by atoms with E-state index in [1.54, 1.807) is 0 Å². The molecule has 0 amide bonds. The second-order valence-corrected chi connectivity index (χ2v) is 5.75. The fourth-order valence-corrected chi connectivity index (χ4v) is 2.63. The van der Waals surface area contributed by atoms with E-state index >= 15 is 0 Å². The number of hydrogen-bond acceptors (Lipinski definition) is 2. The molecule has 4 heteroatoms. The first-order valence-electron chi connectivity index (χ1n) is 7.04. The van der Waals surface area contributed by atoms with Crippen molar-refractivity contribution in [3.63, 3.8) is 0 Å². The first-order chi connectivity index (χ1) is 9.95. The third-order valence-corrected chi connectivity index (χ3v) is 3.59. The minimum atomic E-state index is 0.149. The van der Waals surface area contributed by atoms with Gasteiger partial charge in [0, 0.05) is 5.69 Å². The van der Waals surface area contributed by atoms with E-state index < -0.39 is 0 Å². The zero-order chi connectivity index (χ0) is 15.4. The molecule has 0 saturated heterocycles. The third kappa shape index (κ3) is 4.26. The number of aryl methyl sites for hydroxylation is 3. The molecule has 1 heterocycles. The Morgan fingerprint density at radius 1 is 1.14 bits per heavy atom. The molecule has 1 aromatic carbocycles. The number of pyridine rings is 1. The Morgan fingerprint density at radius 3 is 2.57 bits per heavy atom. The van der Waals surface area contributed by atoms with Gasteiger partial charge in [0.15, 0.2) is 5.11 Å². The summed E-state index contributed by atoms with van der Waals surface area (Å²) in [4.78, 5) is 4.38. The van der Waals surface area contributed by atoms with Gasteiger partial charge in [0.2, 0.25) is 0 Å². The molecule has 0 bridgehead atoms. The predicted molar refractivity (Wildman–Crippen MR) is 92.7 cm³/mol. The zero-order valence-electron chi connectivity index (χ0n) is 12.9. The summed E-state index contributed by atoms with van der Waals surface area (Å²) in [6.45, 7) is 8.29. The predicted octanol–water partition coefficient (Wildman–Crippen LogP) is 4.05. The van der Waals surface area contributed by atoms with Gasteiger partial charge in [-0.1, -0.05) is 29.8 Å². The first-order valence-corrected chi connectivity index (χ1v) is 7.45. The number of anilines is 1. The van der Waals surface area contributed by atoms with Crippen LogP contribution in [-0.4, -0.2) is 10.1 Å². The maximum atomic E-state index is 5.36. The van der Waals surface area contributed by atoms with Crippen LogP contribution in [0.3, 0.4) is 0 Å². The van der Waals surface area contributed by atoms with Crippen LogP contribution in [0.4, 0.5) is 5.82 Å². The van der Waals surface area contributed by atoms with Crippen LogP contribution in [0.25, 0.3) is 0 Å². The van der Waals surface area contributed by atoms with Crippen molar-refractivity contribution in [2.24, 2.45) is 0 Å². The number of benzene rings is 1. The van der Waals surface area contributed by atoms with Gasteiger partial charge in [0.1, 0.15) is 5.82 Å². The third-order valence-electron chi connectivity index (χ3n) is 3.37. The zero-order valence-corrected chi connectivity index (χ0v) is 13.7. The normalized spacial score (nSPS) is 11.8. The molecule has 1 unspecified atom stereocenters. The highest BCUT2D eigenvalue weighted by molar-refractivity contribution is 7.80. The van der Waals surface area contributed by atoms with Crippen molar-refractivity contribution in [2.45, 2.75) is 33.7 Å². The lowest BCUT2D eigenvalue weighted by molar-refractivity contribution is 0.716. The molecule has 0 fully saturated rings. The highest BCUT2D eigenvalue weighted by atomic mass is 32.1. The van der Waals surface area contributed by atoms with Crippen LogP contribution >= 0.6 is 12.2 Å². The lowest BCUT2D eigenvalue weighted by Crippen LogP contribution is -2.31. The van der Waals surface area contributed by atoms with E-state index in [1.165, 1.54) is 16.7 Å². The van der Waals surface area contributed by atoms with Gasteiger partial charge in [0.05, 0.1) is 6.04 Å². The largest absolute Gasteiger partial charge is 0.356 e. The monoisotopic (exact) mass is 299 g/mol. The van der Waals surface area contributed by atoms with Crippen molar-refractivity contribution in [2.75, 3.05) is 5.32 Å². The molecule has 2 aromatic rings. The van der Waals surface area contributed by atoms with Gasteiger partial charge >= 0.3 is 0 Å². The second-order valence-electron chi connectivity index (χ2n) is 5.34. The van der Waals surface area contributed by atoms with Crippen molar-refractivity contribution in [1.82, 2.24) is 10.3 Å². The summed E-state index contributed by atoms with van der Waals surface area (Å²) < 4.78 is 0. The molecule has 0 spiro atoms. The van der Waals surface area contributed by atoms with E-state index in [0.717, 1.165) is 11.5 Å². The van der Waals surface area contributed by atoms with Crippen molar-refractivity contribution in [1.29, 1.82) is 0 Å². The highest BCUT2D eigenvalue weighted by Gasteiger charge is 2.10. The number of nitrogens with one attached hydrogen (secondary N) is 2. The van der Waals surface area contributed by atoms with Gasteiger partial charge in [-0.05, 0) is 63.2 Å². The molecule has 21 heavy (non-hydrogen) atoms. The van der Waals surface area contributed by atoms with Gasteiger partial charge < -0.3 is 10.6 Å². The van der Waals surface area contributed by atoms with Crippen LogP contribution in [0.15, 0.2) is 36.4 Å². The van der Waals surface area contributed by atoms with E-state index in [1.807, 2.05) is 25.1 Å². The van der Waals surface area contributed by atoms with Crippen molar-refractivity contribution in [3.05, 3.63) is 58.8 Å². The molecular formula is C17H21N3S. The van der Waals surface area contributed by atoms with Gasteiger partial charge in [-0.2, -0.15) is 0 Å². The molecule has 2 rings (SSSR count). The lowest BCUT2D eigenvalue weighted by Gasteiger charge is -2.19. The summed E-state index contributed by atoms with van der Waals surface area (Å²) in [7, 11) is 0. The van der Waals surface area contributed by atoms with E-state index in [2.05, 4.69) is 54.6 Å². The molecular weight excluding hydrogens is 278 g/mol. The molecule has 3 nitrogen and oxygen atoms in total. The fraction of sp³-hybridized carbons (Fsp3) is 0.294. The molecule has 0 aliphatic rings. The fourth-order valence-electron chi connectivity index (χ4n) is 2.35. The second kappa shape index (κ2) is 6.68. The Hall–Kier alpha value is -1.94. The number of rotatable bonds is 3. The maximum absolute atomic E-state index is 5.36. The van der Waals surface area contributed by atoms with E-state index in [9.17, 15) is 0 Å². The van der Waals surface area contributed by atoms with Gasteiger partial charge in [-0.25, -0.2) is 4.98 Å². The maximum Gasteiger partial charge on any atom is 0.172 e. The average molecular weight is 299 g/mol. The quantitative estimate of drug-likeness (QED) is 0.838. The SMILES string of the molecule is Cc1ccc(C(C)NC(=S)Nc2cccc(C)n2)c(C)c1. The molecule has 110 valence electrons. The Balaban J connectivity index is 2.02. The van der Waals surface area contributed by atoms with Crippen LogP contribution in [0.2, 0.25) is 0 Å². The molecule has 2 N–H and O–H groups in total. The van der Waals surface area contributed by atoms with Crippen molar-refractivity contribution >= 4 is 23.1 Å². The standard InChI is InChI=1S/C17H21N3S/c1-11-8-9-15(12(2)10-11)14(4)19-17(21)20-16-7-5-6-13(3)18-16/h5-10,14H,1-4H3,(H2,18,19,20,21). The van der Waals surface area contributed by atoms with Gasteiger partial charge in [-0.15, -0.1) is 0 Å². The summed E-state index contributed by atoms with van der Waals surface area (Å²) in [5.41, 5.74) is 4.76. The molecule has 1 aromatic heterocycles. The summed E-state index contributed by atoms with van der Waals surface area (Å²) in [6.07, 6.45) is 0. The summed E-state index contributed by atoms with van der Waals surface area (Å²) in [5, 5.41) is 7.01. The van der Waals surface area contributed by atoms with Crippen LogP contribution in [0.5, 0.6) is 0 Å². The van der Waals surface area contributed by atoms with Crippen molar-refractivity contribution in [3.8, 4) is 0 Å². The Bertz CT molecular complexity index is 652. The average Bonchev–Trinajstić information content (AvgIpc) is 2.38. The van der Waals surface area contributed by atoms with E-state index in [-0.39, 0.29) is 6.04 Å². The number of aromatic nitrogens is 1. The Kier molecular flexibility index (Phi) is 4.91. The minimum Gasteiger partial charge on any atom is -0.356 e. The van der Waals surface area contributed by atoms with Gasteiger partial charge in [0.25, 0.3) is 0 Å². The Labute approximate surface area is 131 Å². The summed E-state index contributed by atoms with van der Waals surface area (Å²) >= 11 is 5.36. The highest BCUT2D eigenvalue weighted by Crippen LogP contribution is 2.18. The van der Waals surface area contributed by atoms with E-state index in [4.69, 9.17) is 12.2 Å². The number of thiocarbonyl (C=S) groups is 1. The van der Waals surface area contributed by atoms with Crippen LogP contribution in [0, 0.1) is 20.8 Å². The first kappa shape index (κ1) is 15.4. The number of hydrogen-bond donors (Lipinski definition) is 2. The number of nitrogens with zero attached hydrogens (tertiary/aromatic N) is 1. The molecule has 0 radical (unpaired) electrons. The van der Waals surface area contributed by atoms with E-state index in [0.29, 0.717) is 5.11 Å². The van der Waals surface area contributed by atoms with Crippen LogP contribution in [0.1, 0.15) is 35.3 Å².